The Morgan fingerprint density at radius 1 is 1.47 bits per heavy atom. The minimum atomic E-state index is 0.0514. The van der Waals surface area contributed by atoms with Gasteiger partial charge in [-0.25, -0.2) is 0 Å². The summed E-state index contributed by atoms with van der Waals surface area (Å²) in [6.45, 7) is 2.26. The van der Waals surface area contributed by atoms with E-state index in [0.717, 1.165) is 10.2 Å². The van der Waals surface area contributed by atoms with E-state index in [9.17, 15) is 4.79 Å². The van der Waals surface area contributed by atoms with Crippen LogP contribution in [0.25, 0.3) is 10.2 Å². The molecule has 0 atom stereocenters. The summed E-state index contributed by atoms with van der Waals surface area (Å²) in [6.07, 6.45) is 1.75. The zero-order valence-electron chi connectivity index (χ0n) is 9.08. The molecular formula is C11H9N3O2S. The first kappa shape index (κ1) is 10.2. The van der Waals surface area contributed by atoms with E-state index in [2.05, 4.69) is 10.1 Å². The van der Waals surface area contributed by atoms with E-state index in [1.165, 1.54) is 11.3 Å². The molecule has 0 aliphatic heterocycles. The van der Waals surface area contributed by atoms with Gasteiger partial charge in [0.05, 0.1) is 16.8 Å². The SMILES string of the molecule is Cc1nc(Cn2ccc(=O)c3sccc32)no1. The molecule has 0 saturated carbocycles. The zero-order chi connectivity index (χ0) is 11.8. The molecule has 86 valence electrons. The number of hydrogen-bond acceptors (Lipinski definition) is 5. The van der Waals surface area contributed by atoms with Crippen molar-refractivity contribution in [2.24, 2.45) is 0 Å². The van der Waals surface area contributed by atoms with Gasteiger partial charge in [0, 0.05) is 19.2 Å². The van der Waals surface area contributed by atoms with Crippen LogP contribution in [0, 0.1) is 6.92 Å². The van der Waals surface area contributed by atoms with Gasteiger partial charge in [-0.1, -0.05) is 5.16 Å². The van der Waals surface area contributed by atoms with Crippen LogP contribution in [0.15, 0.2) is 33.0 Å². The summed E-state index contributed by atoms with van der Waals surface area (Å²) >= 11 is 1.45. The Morgan fingerprint density at radius 2 is 2.35 bits per heavy atom. The topological polar surface area (TPSA) is 60.9 Å². The Hall–Kier alpha value is -1.95. The highest BCUT2D eigenvalue weighted by molar-refractivity contribution is 7.17. The van der Waals surface area contributed by atoms with Crippen molar-refractivity contribution >= 4 is 21.6 Å². The summed E-state index contributed by atoms with van der Waals surface area (Å²) in [6, 6.07) is 3.49. The normalized spacial score (nSPS) is 11.1. The number of aromatic nitrogens is 3. The molecule has 0 aromatic carbocycles. The molecule has 0 bridgehead atoms. The van der Waals surface area contributed by atoms with Crippen LogP contribution >= 0.6 is 11.3 Å². The van der Waals surface area contributed by atoms with E-state index in [-0.39, 0.29) is 5.43 Å². The van der Waals surface area contributed by atoms with Crippen LogP contribution in [0.5, 0.6) is 0 Å². The molecule has 0 amide bonds. The summed E-state index contributed by atoms with van der Waals surface area (Å²) in [4.78, 5) is 15.7. The van der Waals surface area contributed by atoms with Gasteiger partial charge in [-0.3, -0.25) is 4.79 Å². The first-order valence-corrected chi connectivity index (χ1v) is 5.98. The number of aryl methyl sites for hydroxylation is 1. The molecule has 0 fully saturated rings. The Labute approximate surface area is 100 Å². The molecule has 0 radical (unpaired) electrons. The maximum Gasteiger partial charge on any atom is 0.223 e. The van der Waals surface area contributed by atoms with Gasteiger partial charge in [0.1, 0.15) is 0 Å². The third kappa shape index (κ3) is 1.76. The van der Waals surface area contributed by atoms with Crippen LogP contribution in [0.3, 0.4) is 0 Å². The largest absolute Gasteiger partial charge is 0.340 e. The Bertz CT molecular complexity index is 725. The average molecular weight is 247 g/mol. The summed E-state index contributed by atoms with van der Waals surface area (Å²) in [5, 5.41) is 5.75. The van der Waals surface area contributed by atoms with Crippen molar-refractivity contribution < 1.29 is 4.52 Å². The van der Waals surface area contributed by atoms with Gasteiger partial charge in [0.15, 0.2) is 11.3 Å². The molecule has 6 heteroatoms. The van der Waals surface area contributed by atoms with Gasteiger partial charge in [-0.15, -0.1) is 11.3 Å². The monoisotopic (exact) mass is 247 g/mol. The second-order valence-corrected chi connectivity index (χ2v) is 4.59. The molecule has 0 N–H and O–H groups in total. The lowest BCUT2D eigenvalue weighted by atomic mass is 10.3. The Balaban J connectivity index is 2.09. The summed E-state index contributed by atoms with van der Waals surface area (Å²) in [7, 11) is 0. The van der Waals surface area contributed by atoms with Gasteiger partial charge in [-0.05, 0) is 11.4 Å². The van der Waals surface area contributed by atoms with Crippen LogP contribution in [0.2, 0.25) is 0 Å². The molecule has 3 rings (SSSR count). The summed E-state index contributed by atoms with van der Waals surface area (Å²) in [5.74, 6) is 1.15. The molecular weight excluding hydrogens is 238 g/mol. The highest BCUT2D eigenvalue weighted by atomic mass is 32.1. The number of hydrogen-bond donors (Lipinski definition) is 0. The van der Waals surface area contributed by atoms with E-state index >= 15 is 0 Å². The van der Waals surface area contributed by atoms with E-state index in [0.29, 0.717) is 18.3 Å². The Morgan fingerprint density at radius 3 is 3.12 bits per heavy atom. The third-order valence-corrected chi connectivity index (χ3v) is 3.38. The summed E-state index contributed by atoms with van der Waals surface area (Å²) < 4.78 is 7.62. The van der Waals surface area contributed by atoms with E-state index < -0.39 is 0 Å². The van der Waals surface area contributed by atoms with Crippen molar-refractivity contribution in [2.75, 3.05) is 0 Å². The minimum absolute atomic E-state index is 0.0514. The molecule has 17 heavy (non-hydrogen) atoms. The maximum atomic E-state index is 11.6. The van der Waals surface area contributed by atoms with Crippen molar-refractivity contribution in [3.63, 3.8) is 0 Å². The first-order chi connectivity index (χ1) is 8.24. The van der Waals surface area contributed by atoms with Crippen LogP contribution in [0.1, 0.15) is 11.7 Å². The van der Waals surface area contributed by atoms with Gasteiger partial charge in [0.25, 0.3) is 0 Å². The van der Waals surface area contributed by atoms with Crippen LogP contribution in [-0.2, 0) is 6.54 Å². The first-order valence-electron chi connectivity index (χ1n) is 5.10. The minimum Gasteiger partial charge on any atom is -0.340 e. The second-order valence-electron chi connectivity index (χ2n) is 3.67. The molecule has 0 aliphatic rings. The fourth-order valence-corrected chi connectivity index (χ4v) is 2.55. The van der Waals surface area contributed by atoms with Crippen molar-refractivity contribution in [3.05, 3.63) is 45.6 Å². The van der Waals surface area contributed by atoms with E-state index in [4.69, 9.17) is 4.52 Å². The highest BCUT2D eigenvalue weighted by Crippen LogP contribution is 2.17. The number of thiophene rings is 1. The van der Waals surface area contributed by atoms with Crippen LogP contribution in [-0.4, -0.2) is 14.7 Å². The van der Waals surface area contributed by atoms with Gasteiger partial charge >= 0.3 is 0 Å². The van der Waals surface area contributed by atoms with Crippen molar-refractivity contribution in [2.45, 2.75) is 13.5 Å². The van der Waals surface area contributed by atoms with Crippen molar-refractivity contribution in [1.82, 2.24) is 14.7 Å². The molecule has 0 unspecified atom stereocenters. The predicted octanol–water partition coefficient (Wildman–Crippen LogP) is 1.80. The fraction of sp³-hybridized carbons (Fsp3) is 0.182. The lowest BCUT2D eigenvalue weighted by Crippen LogP contribution is -2.07. The van der Waals surface area contributed by atoms with E-state index in [1.54, 1.807) is 19.2 Å². The third-order valence-electron chi connectivity index (χ3n) is 2.46. The molecule has 3 aromatic heterocycles. The predicted molar refractivity (Wildman–Crippen MR) is 64.2 cm³/mol. The van der Waals surface area contributed by atoms with Gasteiger partial charge in [0.2, 0.25) is 5.89 Å². The van der Waals surface area contributed by atoms with Crippen molar-refractivity contribution in [3.8, 4) is 0 Å². The standard InChI is InChI=1S/C11H9N3O2S/c1-7-12-10(13-16-7)6-14-4-2-9(15)11-8(14)3-5-17-11/h2-5H,6H2,1H3. The molecule has 0 spiro atoms. The van der Waals surface area contributed by atoms with Crippen LogP contribution < -0.4 is 5.43 Å². The molecule has 3 heterocycles. The fourth-order valence-electron chi connectivity index (χ4n) is 1.72. The lowest BCUT2D eigenvalue weighted by molar-refractivity contribution is 0.386. The highest BCUT2D eigenvalue weighted by Gasteiger charge is 2.07. The molecule has 0 saturated heterocycles. The van der Waals surface area contributed by atoms with Crippen LogP contribution in [0.4, 0.5) is 0 Å². The smallest absolute Gasteiger partial charge is 0.223 e. The number of pyridine rings is 1. The quantitative estimate of drug-likeness (QED) is 0.692. The molecule has 0 aliphatic carbocycles. The average Bonchev–Trinajstić information content (AvgIpc) is 2.92. The number of fused-ring (bicyclic) bond motifs is 1. The van der Waals surface area contributed by atoms with Gasteiger partial charge < -0.3 is 9.09 Å². The maximum absolute atomic E-state index is 11.6. The molecule has 3 aromatic rings. The number of nitrogens with zero attached hydrogens (tertiary/aromatic N) is 3. The number of rotatable bonds is 2. The molecule has 5 nitrogen and oxygen atoms in total. The lowest BCUT2D eigenvalue weighted by Gasteiger charge is -2.04. The van der Waals surface area contributed by atoms with Crippen molar-refractivity contribution in [1.29, 1.82) is 0 Å². The zero-order valence-corrected chi connectivity index (χ0v) is 9.90. The second kappa shape index (κ2) is 3.81. The van der Waals surface area contributed by atoms with E-state index in [1.807, 2.05) is 16.0 Å². The van der Waals surface area contributed by atoms with Gasteiger partial charge in [-0.2, -0.15) is 4.98 Å². The Kier molecular flexibility index (Phi) is 2.29. The summed E-state index contributed by atoms with van der Waals surface area (Å²) in [5.41, 5.74) is 0.959.